The van der Waals surface area contributed by atoms with Gasteiger partial charge in [-0.15, -0.1) is 11.3 Å². The lowest BCUT2D eigenvalue weighted by atomic mass is 10.1. The number of hydrogen-bond donors (Lipinski definition) is 1. The zero-order valence-electron chi connectivity index (χ0n) is 16.2. The fourth-order valence-electron chi connectivity index (χ4n) is 2.90. The van der Waals surface area contributed by atoms with E-state index in [2.05, 4.69) is 5.32 Å². The highest BCUT2D eigenvalue weighted by Crippen LogP contribution is 2.29. The van der Waals surface area contributed by atoms with Crippen LogP contribution in [0.25, 0.3) is 11.1 Å². The van der Waals surface area contributed by atoms with E-state index in [9.17, 15) is 4.79 Å². The van der Waals surface area contributed by atoms with Crippen LogP contribution in [0.4, 0.5) is 0 Å². The summed E-state index contributed by atoms with van der Waals surface area (Å²) < 4.78 is 11.3. The molecule has 1 heterocycles. The first-order valence-electron chi connectivity index (χ1n) is 9.52. The highest BCUT2D eigenvalue weighted by Gasteiger charge is 2.10. The van der Waals surface area contributed by atoms with E-state index in [-0.39, 0.29) is 5.91 Å². The predicted octanol–water partition coefficient (Wildman–Crippen LogP) is 5.19. The summed E-state index contributed by atoms with van der Waals surface area (Å²) in [6.45, 7) is 5.65. The van der Waals surface area contributed by atoms with Crippen LogP contribution in [-0.2, 0) is 6.42 Å². The summed E-state index contributed by atoms with van der Waals surface area (Å²) in [4.78, 5) is 13.2. The number of hydrogen-bond acceptors (Lipinski definition) is 4. The molecule has 0 aliphatic carbocycles. The lowest BCUT2D eigenvalue weighted by Crippen LogP contribution is -2.24. The molecule has 3 rings (SSSR count). The third kappa shape index (κ3) is 5.14. The quantitative estimate of drug-likeness (QED) is 0.543. The summed E-state index contributed by atoms with van der Waals surface area (Å²) in [5, 5.41) is 5.02. The first-order chi connectivity index (χ1) is 13.7. The maximum atomic E-state index is 12.4. The van der Waals surface area contributed by atoms with Gasteiger partial charge in [0, 0.05) is 6.54 Å². The van der Waals surface area contributed by atoms with E-state index in [1.807, 2.05) is 73.8 Å². The molecule has 2 aromatic carbocycles. The van der Waals surface area contributed by atoms with Gasteiger partial charge in [0.05, 0.1) is 18.1 Å². The van der Waals surface area contributed by atoms with Crippen LogP contribution in [0, 0.1) is 0 Å². The molecule has 0 atom stereocenters. The Morgan fingerprint density at radius 3 is 2.43 bits per heavy atom. The van der Waals surface area contributed by atoms with Crippen molar-refractivity contribution in [2.75, 3.05) is 19.8 Å². The van der Waals surface area contributed by atoms with Crippen molar-refractivity contribution in [1.82, 2.24) is 5.32 Å². The van der Waals surface area contributed by atoms with Gasteiger partial charge in [-0.25, -0.2) is 0 Å². The summed E-state index contributed by atoms with van der Waals surface area (Å²) in [7, 11) is 0. The van der Waals surface area contributed by atoms with Gasteiger partial charge in [-0.05, 0) is 60.5 Å². The van der Waals surface area contributed by atoms with Crippen LogP contribution in [0.5, 0.6) is 11.5 Å². The van der Waals surface area contributed by atoms with Crippen LogP contribution in [0.3, 0.4) is 0 Å². The molecule has 0 fully saturated rings. The normalized spacial score (nSPS) is 10.5. The van der Waals surface area contributed by atoms with Crippen molar-refractivity contribution >= 4 is 17.2 Å². The highest BCUT2D eigenvalue weighted by atomic mass is 32.1. The number of amides is 1. The Labute approximate surface area is 170 Å². The van der Waals surface area contributed by atoms with E-state index in [1.54, 1.807) is 0 Å². The van der Waals surface area contributed by atoms with Gasteiger partial charge in [0.2, 0.25) is 0 Å². The molecule has 3 aromatic rings. The summed E-state index contributed by atoms with van der Waals surface area (Å²) in [5.74, 6) is 1.46. The standard InChI is InChI=1S/C23H25NO3S/c1-3-26-20-11-10-17(14-21(20)27-4-2)12-13-24-23(25)22-15-19(16-28-22)18-8-6-5-7-9-18/h5-11,14-16H,3-4,12-13H2,1-2H3,(H,24,25). The molecular formula is C23H25NO3S. The molecule has 1 amide bonds. The fraction of sp³-hybridized carbons (Fsp3) is 0.261. The fourth-order valence-corrected chi connectivity index (χ4v) is 3.73. The van der Waals surface area contributed by atoms with Crippen molar-refractivity contribution in [3.8, 4) is 22.6 Å². The second-order valence-electron chi connectivity index (χ2n) is 6.22. The predicted molar refractivity (Wildman–Crippen MR) is 115 cm³/mol. The van der Waals surface area contributed by atoms with Gasteiger partial charge in [-0.1, -0.05) is 36.4 Å². The monoisotopic (exact) mass is 395 g/mol. The lowest BCUT2D eigenvalue weighted by molar-refractivity contribution is 0.0958. The number of nitrogens with one attached hydrogen (secondary N) is 1. The Bertz CT molecular complexity index is 905. The van der Waals surface area contributed by atoms with E-state index in [0.717, 1.165) is 39.5 Å². The molecule has 0 radical (unpaired) electrons. The first kappa shape index (κ1) is 20.0. The topological polar surface area (TPSA) is 47.6 Å². The summed E-state index contributed by atoms with van der Waals surface area (Å²) in [5.41, 5.74) is 3.29. The van der Waals surface area contributed by atoms with E-state index in [1.165, 1.54) is 11.3 Å². The summed E-state index contributed by atoms with van der Waals surface area (Å²) in [6, 6.07) is 18.0. The Kier molecular flexibility index (Phi) is 7.09. The van der Waals surface area contributed by atoms with Gasteiger partial charge in [0.1, 0.15) is 0 Å². The molecule has 5 heteroatoms. The van der Waals surface area contributed by atoms with Gasteiger partial charge >= 0.3 is 0 Å². The van der Waals surface area contributed by atoms with Crippen LogP contribution < -0.4 is 14.8 Å². The zero-order valence-corrected chi connectivity index (χ0v) is 17.1. The van der Waals surface area contributed by atoms with Gasteiger partial charge in [-0.3, -0.25) is 4.79 Å². The molecule has 1 N–H and O–H groups in total. The third-order valence-electron chi connectivity index (χ3n) is 4.24. The van der Waals surface area contributed by atoms with Crippen LogP contribution >= 0.6 is 11.3 Å². The van der Waals surface area contributed by atoms with Crippen molar-refractivity contribution in [3.63, 3.8) is 0 Å². The zero-order chi connectivity index (χ0) is 19.8. The number of benzene rings is 2. The van der Waals surface area contributed by atoms with Gasteiger partial charge in [-0.2, -0.15) is 0 Å². The van der Waals surface area contributed by atoms with E-state index in [4.69, 9.17) is 9.47 Å². The van der Waals surface area contributed by atoms with Gasteiger partial charge in [0.15, 0.2) is 11.5 Å². The molecule has 0 saturated heterocycles. The van der Waals surface area contributed by atoms with Crippen LogP contribution in [-0.4, -0.2) is 25.7 Å². The molecule has 0 saturated carbocycles. The minimum Gasteiger partial charge on any atom is -0.490 e. The lowest BCUT2D eigenvalue weighted by Gasteiger charge is -2.12. The van der Waals surface area contributed by atoms with Crippen molar-refractivity contribution in [1.29, 1.82) is 0 Å². The molecule has 146 valence electrons. The molecule has 0 spiro atoms. The van der Waals surface area contributed by atoms with Crippen LogP contribution in [0.1, 0.15) is 29.1 Å². The molecule has 0 bridgehead atoms. The Morgan fingerprint density at radius 2 is 1.68 bits per heavy atom. The van der Waals surface area contributed by atoms with Gasteiger partial charge in [0.25, 0.3) is 5.91 Å². The van der Waals surface area contributed by atoms with E-state index < -0.39 is 0 Å². The molecule has 4 nitrogen and oxygen atoms in total. The van der Waals surface area contributed by atoms with Crippen molar-refractivity contribution in [2.24, 2.45) is 0 Å². The van der Waals surface area contributed by atoms with E-state index in [0.29, 0.717) is 19.8 Å². The molecule has 0 unspecified atom stereocenters. The number of carbonyl (C=O) groups excluding carboxylic acids is 1. The van der Waals surface area contributed by atoms with Crippen molar-refractivity contribution < 1.29 is 14.3 Å². The Balaban J connectivity index is 1.57. The van der Waals surface area contributed by atoms with E-state index >= 15 is 0 Å². The molecule has 28 heavy (non-hydrogen) atoms. The largest absolute Gasteiger partial charge is 0.490 e. The molecule has 1 aromatic heterocycles. The maximum absolute atomic E-state index is 12.4. The number of carbonyl (C=O) groups is 1. The second-order valence-corrected chi connectivity index (χ2v) is 7.13. The smallest absolute Gasteiger partial charge is 0.261 e. The first-order valence-corrected chi connectivity index (χ1v) is 10.4. The minimum absolute atomic E-state index is 0.0388. The summed E-state index contributed by atoms with van der Waals surface area (Å²) in [6.07, 6.45) is 0.731. The summed E-state index contributed by atoms with van der Waals surface area (Å²) >= 11 is 1.47. The molecule has 0 aliphatic heterocycles. The highest BCUT2D eigenvalue weighted by molar-refractivity contribution is 7.12. The second kappa shape index (κ2) is 9.95. The average molecular weight is 396 g/mol. The maximum Gasteiger partial charge on any atom is 0.261 e. The minimum atomic E-state index is -0.0388. The molecule has 0 aliphatic rings. The number of ether oxygens (including phenoxy) is 2. The Hall–Kier alpha value is -2.79. The third-order valence-corrected chi connectivity index (χ3v) is 5.17. The Morgan fingerprint density at radius 1 is 0.929 bits per heavy atom. The van der Waals surface area contributed by atoms with Crippen LogP contribution in [0.15, 0.2) is 60.0 Å². The van der Waals surface area contributed by atoms with Crippen molar-refractivity contribution in [2.45, 2.75) is 20.3 Å². The SMILES string of the molecule is CCOc1ccc(CCNC(=O)c2cc(-c3ccccc3)cs2)cc1OCC. The van der Waals surface area contributed by atoms with Crippen LogP contribution in [0.2, 0.25) is 0 Å². The molecular weight excluding hydrogens is 370 g/mol. The van der Waals surface area contributed by atoms with Gasteiger partial charge < -0.3 is 14.8 Å². The number of thiophene rings is 1. The van der Waals surface area contributed by atoms with Crippen molar-refractivity contribution in [3.05, 3.63) is 70.4 Å². The average Bonchev–Trinajstić information content (AvgIpc) is 3.21. The number of rotatable bonds is 9.